The highest BCUT2D eigenvalue weighted by atomic mass is 32.1. The van der Waals surface area contributed by atoms with E-state index in [0.29, 0.717) is 53.4 Å². The van der Waals surface area contributed by atoms with Gasteiger partial charge in [0.2, 0.25) is 0 Å². The van der Waals surface area contributed by atoms with E-state index in [4.69, 9.17) is 4.74 Å². The van der Waals surface area contributed by atoms with Crippen molar-refractivity contribution >= 4 is 46.1 Å². The third-order valence-corrected chi connectivity index (χ3v) is 10.0. The van der Waals surface area contributed by atoms with Gasteiger partial charge in [0.25, 0.3) is 17.7 Å². The van der Waals surface area contributed by atoms with Crippen molar-refractivity contribution in [2.75, 3.05) is 37.4 Å². The zero-order valence-corrected chi connectivity index (χ0v) is 30.2. The lowest BCUT2D eigenvalue weighted by molar-refractivity contribution is -0.253. The second-order valence-corrected chi connectivity index (χ2v) is 14.1. The summed E-state index contributed by atoms with van der Waals surface area (Å²) < 4.78 is 6.71. The van der Waals surface area contributed by atoms with E-state index in [1.54, 1.807) is 53.6 Å². The van der Waals surface area contributed by atoms with Crippen LogP contribution in [0.15, 0.2) is 103 Å². The van der Waals surface area contributed by atoms with Crippen LogP contribution in [0.5, 0.6) is 5.75 Å². The number of ether oxygens (including phenoxy) is 1. The number of rotatable bonds is 11. The maximum Gasteiger partial charge on any atom is 0.258 e. The Kier molecular flexibility index (Phi) is 11.4. The summed E-state index contributed by atoms with van der Waals surface area (Å²) in [6.07, 6.45) is 1.36. The number of para-hydroxylation sites is 2. The standard InChI is InChI=1S/C40H42N6O5S/c1-25-21-46(26(2)24-47)40(50)31-7-6-10-34(44-38(49)29-15-17-30(18-16-29)39-42-19-20-52-39)36(31)51-35(25)23-45(3)22-27-11-13-28(14-12-27)37(48)43-33-9-5-4-8-32(33)41/h4-20,25-26,35,47H,21-24,41H2,1-3H3,(H,43,48)(H,44,49)/p+1/t25-,26-,35-/m1/s1. The van der Waals surface area contributed by atoms with Crippen molar-refractivity contribution in [3.63, 3.8) is 0 Å². The number of carbonyl (C=O) groups is 3. The fourth-order valence-electron chi connectivity index (χ4n) is 6.17. The highest BCUT2D eigenvalue weighted by molar-refractivity contribution is 7.13. The number of benzene rings is 4. The summed E-state index contributed by atoms with van der Waals surface area (Å²) in [6.45, 7) is 5.10. The second kappa shape index (κ2) is 16.3. The highest BCUT2D eigenvalue weighted by Crippen LogP contribution is 2.35. The zero-order valence-electron chi connectivity index (χ0n) is 29.4. The molecule has 6 N–H and O–H groups in total. The van der Waals surface area contributed by atoms with E-state index in [0.717, 1.165) is 21.8 Å². The average molecular weight is 720 g/mol. The number of nitrogens with zero attached hydrogens (tertiary/aromatic N) is 3. The van der Waals surface area contributed by atoms with Crippen LogP contribution in [0.1, 0.15) is 50.5 Å². The van der Waals surface area contributed by atoms with Crippen LogP contribution in [-0.4, -0.2) is 76.5 Å². The number of amides is 3. The number of hydrogen-bond donors (Lipinski definition) is 4. The number of likely N-dealkylation sites (N-methyl/N-ethyl adjacent to an activating group) is 1. The van der Waals surface area contributed by atoms with E-state index in [1.165, 1.54) is 11.3 Å². The normalized spacial score (nSPS) is 16.3. The van der Waals surface area contributed by atoms with Gasteiger partial charge in [-0.1, -0.05) is 49.4 Å². The van der Waals surface area contributed by atoms with Gasteiger partial charge in [0, 0.05) is 59.9 Å². The molecule has 1 aliphatic rings. The molecule has 1 aliphatic heterocycles. The van der Waals surface area contributed by atoms with Crippen molar-refractivity contribution in [1.29, 1.82) is 0 Å². The average Bonchev–Trinajstić information content (AvgIpc) is 3.70. The number of anilines is 2. The quantitative estimate of drug-likeness (QED) is 0.140. The number of aromatic nitrogens is 1. The van der Waals surface area contributed by atoms with Crippen LogP contribution >= 0.6 is 11.3 Å². The predicted octanol–water partition coefficient (Wildman–Crippen LogP) is 5.54. The molecule has 12 heteroatoms. The molecule has 1 aromatic heterocycles. The minimum atomic E-state index is -0.424. The van der Waals surface area contributed by atoms with Crippen LogP contribution < -0.4 is 21.1 Å². The van der Waals surface area contributed by atoms with Crippen LogP contribution in [0.4, 0.5) is 17.1 Å². The molecule has 2 heterocycles. The van der Waals surface area contributed by atoms with Crippen LogP contribution in [0.25, 0.3) is 10.6 Å². The number of thiazole rings is 1. The third kappa shape index (κ3) is 8.38. The summed E-state index contributed by atoms with van der Waals surface area (Å²) >= 11 is 1.52. The van der Waals surface area contributed by atoms with E-state index in [-0.39, 0.29) is 36.4 Å². The van der Waals surface area contributed by atoms with Gasteiger partial charge in [0.1, 0.15) is 16.8 Å². The van der Waals surface area contributed by atoms with Gasteiger partial charge in [-0.2, -0.15) is 0 Å². The summed E-state index contributed by atoms with van der Waals surface area (Å²) in [5.41, 5.74) is 8.99. The summed E-state index contributed by atoms with van der Waals surface area (Å²) in [5.74, 6) is -0.662. The van der Waals surface area contributed by atoms with Crippen LogP contribution in [0, 0.1) is 5.92 Å². The Morgan fingerprint density at radius 3 is 2.29 bits per heavy atom. The van der Waals surface area contributed by atoms with Gasteiger partial charge < -0.3 is 31.1 Å². The van der Waals surface area contributed by atoms with Crippen molar-refractivity contribution in [3.05, 3.63) is 125 Å². The third-order valence-electron chi connectivity index (χ3n) is 9.19. The minimum absolute atomic E-state index is 0.127. The molecule has 0 spiro atoms. The highest BCUT2D eigenvalue weighted by Gasteiger charge is 2.34. The number of quaternary nitrogens is 1. The Morgan fingerprint density at radius 2 is 1.63 bits per heavy atom. The van der Waals surface area contributed by atoms with Gasteiger partial charge in [-0.05, 0) is 62.0 Å². The van der Waals surface area contributed by atoms with Crippen LogP contribution in [0.2, 0.25) is 0 Å². The molecule has 3 atom stereocenters. The Hall–Kier alpha value is -5.40. The van der Waals surface area contributed by atoms with E-state index < -0.39 is 6.04 Å². The van der Waals surface area contributed by atoms with Crippen molar-refractivity contribution in [3.8, 4) is 16.3 Å². The molecule has 0 unspecified atom stereocenters. The lowest BCUT2D eigenvalue weighted by atomic mass is 9.98. The molecule has 6 rings (SSSR count). The minimum Gasteiger partial charge on any atom is -0.486 e. The van der Waals surface area contributed by atoms with Crippen LogP contribution in [-0.2, 0) is 6.54 Å². The maximum atomic E-state index is 13.9. The number of fused-ring (bicyclic) bond motifs is 1. The van der Waals surface area contributed by atoms with E-state index in [9.17, 15) is 19.5 Å². The second-order valence-electron chi connectivity index (χ2n) is 13.2. The van der Waals surface area contributed by atoms with Gasteiger partial charge in [0.05, 0.1) is 23.9 Å². The fourth-order valence-corrected chi connectivity index (χ4v) is 6.81. The molecule has 0 bridgehead atoms. The van der Waals surface area contributed by atoms with Gasteiger partial charge >= 0.3 is 0 Å². The van der Waals surface area contributed by atoms with E-state index in [1.807, 2.05) is 74.8 Å². The smallest absolute Gasteiger partial charge is 0.258 e. The van der Waals surface area contributed by atoms with Crippen molar-refractivity contribution in [2.45, 2.75) is 32.5 Å². The SMILES string of the molecule is C[C@@H]1CN([C@H](C)CO)C(=O)c2cccc(NC(=O)c3ccc(-c4nccs4)cc3)c2O[C@@H]1CN(C)Cc1ccc(C(=O)Nc2ccccc2[NH3+])cc1. The Bertz CT molecular complexity index is 2020. The van der Waals surface area contributed by atoms with E-state index >= 15 is 0 Å². The number of nitrogens with one attached hydrogen (secondary N) is 2. The van der Waals surface area contributed by atoms with Crippen molar-refractivity contribution in [1.82, 2.24) is 14.8 Å². The summed E-state index contributed by atoms with van der Waals surface area (Å²) in [6, 6.07) is 26.8. The molecular weight excluding hydrogens is 677 g/mol. The molecule has 268 valence electrons. The first-order valence-corrected chi connectivity index (χ1v) is 18.0. The van der Waals surface area contributed by atoms with Gasteiger partial charge in [-0.15, -0.1) is 11.3 Å². The zero-order chi connectivity index (χ0) is 36.8. The monoisotopic (exact) mass is 719 g/mol. The lowest BCUT2D eigenvalue weighted by Crippen LogP contribution is -2.49. The first kappa shape index (κ1) is 36.4. The van der Waals surface area contributed by atoms with E-state index in [2.05, 4.69) is 26.3 Å². The van der Waals surface area contributed by atoms with Crippen LogP contribution in [0.3, 0.4) is 0 Å². The summed E-state index contributed by atoms with van der Waals surface area (Å²) in [5, 5.41) is 18.7. The Balaban J connectivity index is 1.20. The molecule has 0 saturated heterocycles. The predicted molar refractivity (Wildman–Crippen MR) is 203 cm³/mol. The number of carbonyl (C=O) groups excluding carboxylic acids is 3. The van der Waals surface area contributed by atoms with Gasteiger partial charge in [-0.3, -0.25) is 19.3 Å². The molecule has 0 aliphatic carbocycles. The maximum absolute atomic E-state index is 13.9. The fraction of sp³-hybridized carbons (Fsp3) is 0.250. The van der Waals surface area contributed by atoms with Crippen molar-refractivity contribution < 1.29 is 30.0 Å². The molecule has 11 nitrogen and oxygen atoms in total. The van der Waals surface area contributed by atoms with Crippen molar-refractivity contribution in [2.24, 2.45) is 5.92 Å². The molecule has 0 radical (unpaired) electrons. The molecule has 5 aromatic rings. The lowest BCUT2D eigenvalue weighted by Gasteiger charge is -2.38. The first-order valence-electron chi connectivity index (χ1n) is 17.1. The Morgan fingerprint density at radius 1 is 0.981 bits per heavy atom. The molecule has 4 aromatic carbocycles. The number of hydrogen-bond acceptors (Lipinski definition) is 8. The first-order chi connectivity index (χ1) is 25.1. The topological polar surface area (TPSA) is 152 Å². The van der Waals surface area contributed by atoms with Gasteiger partial charge in [-0.25, -0.2) is 4.98 Å². The molecular formula is C40H43N6O5S+. The molecule has 3 amide bonds. The summed E-state index contributed by atoms with van der Waals surface area (Å²) in [4.78, 5) is 48.5. The largest absolute Gasteiger partial charge is 0.486 e. The van der Waals surface area contributed by atoms with Gasteiger partial charge in [0.15, 0.2) is 11.4 Å². The number of aliphatic hydroxyl groups is 1. The summed E-state index contributed by atoms with van der Waals surface area (Å²) in [7, 11) is 1.99. The molecule has 0 fully saturated rings. The molecule has 52 heavy (non-hydrogen) atoms. The number of aliphatic hydroxyl groups excluding tert-OH is 1. The Labute approximate surface area is 307 Å². The molecule has 0 saturated carbocycles.